The highest BCUT2D eigenvalue weighted by atomic mass is 28.3. The van der Waals surface area contributed by atoms with Gasteiger partial charge in [-0.25, -0.2) is 0 Å². The van der Waals surface area contributed by atoms with Gasteiger partial charge in [-0.05, 0) is 20.8 Å². The van der Waals surface area contributed by atoms with E-state index in [1.807, 2.05) is 0 Å². The van der Waals surface area contributed by atoms with E-state index < -0.39 is 8.07 Å². The Labute approximate surface area is 71.3 Å². The largest absolute Gasteiger partial charge is 0.130 e. The summed E-state index contributed by atoms with van der Waals surface area (Å²) in [7, 11) is -1.56. The zero-order valence-corrected chi connectivity index (χ0v) is 9.12. The summed E-state index contributed by atoms with van der Waals surface area (Å²) in [4.78, 5) is 0. The Morgan fingerprint density at radius 3 is 1.00 bits per heavy atom. The van der Waals surface area contributed by atoms with Crippen molar-refractivity contribution in [3.63, 3.8) is 0 Å². The normalized spacial score (nSPS) is 10.9. The van der Waals surface area contributed by atoms with E-state index in [0.717, 1.165) is 0 Å². The second-order valence-corrected chi connectivity index (χ2v) is 8.28. The van der Waals surface area contributed by atoms with E-state index in [0.29, 0.717) is 0 Å². The van der Waals surface area contributed by atoms with E-state index in [4.69, 9.17) is 0 Å². The zero-order chi connectivity index (χ0) is 9.23. The molecular formula is C10H18Si. The van der Waals surface area contributed by atoms with Gasteiger partial charge in [0.1, 0.15) is 8.07 Å². The molecule has 0 aromatic heterocycles. The van der Waals surface area contributed by atoms with E-state index >= 15 is 0 Å². The van der Waals surface area contributed by atoms with Crippen LogP contribution in [0.2, 0.25) is 6.55 Å². The molecule has 0 N–H and O–H groups in total. The number of rotatable bonds is 3. The molecule has 0 radical (unpaired) electrons. The lowest BCUT2D eigenvalue weighted by atomic mass is 10.7. The van der Waals surface area contributed by atoms with Crippen LogP contribution in [0.1, 0.15) is 20.8 Å². The van der Waals surface area contributed by atoms with Crippen molar-refractivity contribution < 1.29 is 0 Å². The lowest BCUT2D eigenvalue weighted by Crippen LogP contribution is -2.35. The maximum atomic E-state index is 4.01. The van der Waals surface area contributed by atoms with Crippen molar-refractivity contribution >= 4 is 8.07 Å². The van der Waals surface area contributed by atoms with Gasteiger partial charge >= 0.3 is 0 Å². The van der Waals surface area contributed by atoms with Gasteiger partial charge in [-0.1, -0.05) is 22.1 Å². The fourth-order valence-corrected chi connectivity index (χ4v) is 3.28. The molecule has 0 fully saturated rings. The standard InChI is InChI=1S/C10H18Si/c1-8(2)11(7,9(3)4)10(5)6/h1,3,5H2,2,4,6-7H3. The Balaban J connectivity index is 4.99. The Bertz CT molecular complexity index is 175. The summed E-state index contributed by atoms with van der Waals surface area (Å²) in [5.41, 5.74) is 0. The van der Waals surface area contributed by atoms with Crippen LogP contribution in [-0.4, -0.2) is 8.07 Å². The molecule has 1 heteroatoms. The quantitative estimate of drug-likeness (QED) is 0.564. The van der Waals surface area contributed by atoms with Gasteiger partial charge in [0.2, 0.25) is 0 Å². The highest BCUT2D eigenvalue weighted by Gasteiger charge is 2.29. The molecule has 0 aliphatic heterocycles. The molecule has 11 heavy (non-hydrogen) atoms. The second-order valence-electron chi connectivity index (χ2n) is 3.47. The Morgan fingerprint density at radius 2 is 1.00 bits per heavy atom. The Morgan fingerprint density at radius 1 is 0.818 bits per heavy atom. The Hall–Kier alpha value is -0.563. The molecule has 0 amide bonds. The van der Waals surface area contributed by atoms with Crippen molar-refractivity contribution in [3.8, 4) is 0 Å². The molecule has 62 valence electrons. The monoisotopic (exact) mass is 166 g/mol. The first-order valence-corrected chi connectivity index (χ1v) is 6.31. The number of hydrogen-bond acceptors (Lipinski definition) is 0. The Kier molecular flexibility index (Phi) is 3.06. The van der Waals surface area contributed by atoms with Gasteiger partial charge in [0.15, 0.2) is 0 Å². The van der Waals surface area contributed by atoms with Crippen LogP contribution >= 0.6 is 0 Å². The third-order valence-corrected chi connectivity index (χ3v) is 7.68. The van der Waals surface area contributed by atoms with Gasteiger partial charge in [-0.3, -0.25) is 0 Å². The number of allylic oxidation sites excluding steroid dienone is 3. The molecule has 0 heterocycles. The van der Waals surface area contributed by atoms with Crippen LogP contribution in [0, 0.1) is 0 Å². The summed E-state index contributed by atoms with van der Waals surface area (Å²) in [6.07, 6.45) is 0. The van der Waals surface area contributed by atoms with Crippen LogP contribution < -0.4 is 0 Å². The predicted octanol–water partition coefficient (Wildman–Crippen LogP) is 3.41. The highest BCUT2D eigenvalue weighted by molar-refractivity contribution is 6.96. The first-order valence-electron chi connectivity index (χ1n) is 3.81. The van der Waals surface area contributed by atoms with Crippen LogP contribution in [0.15, 0.2) is 35.3 Å². The van der Waals surface area contributed by atoms with Crippen LogP contribution in [0.25, 0.3) is 0 Å². The van der Waals surface area contributed by atoms with E-state index in [-0.39, 0.29) is 0 Å². The SMILES string of the molecule is C=C(C)[Si](C)(C(=C)C)C(=C)C. The van der Waals surface area contributed by atoms with Gasteiger partial charge in [0, 0.05) is 0 Å². The lowest BCUT2D eigenvalue weighted by Gasteiger charge is -2.28. The van der Waals surface area contributed by atoms with Crippen LogP contribution in [0.4, 0.5) is 0 Å². The molecule has 0 aromatic carbocycles. The second kappa shape index (κ2) is 3.22. The third kappa shape index (κ3) is 1.72. The van der Waals surface area contributed by atoms with Crippen molar-refractivity contribution in [2.24, 2.45) is 0 Å². The molecule has 0 saturated heterocycles. The van der Waals surface area contributed by atoms with Gasteiger partial charge in [0.25, 0.3) is 0 Å². The van der Waals surface area contributed by atoms with E-state index in [9.17, 15) is 0 Å². The molecule has 0 nitrogen and oxygen atoms in total. The summed E-state index contributed by atoms with van der Waals surface area (Å²) in [6, 6.07) is 0. The van der Waals surface area contributed by atoms with Crippen LogP contribution in [0.3, 0.4) is 0 Å². The van der Waals surface area contributed by atoms with Crippen molar-refractivity contribution in [1.82, 2.24) is 0 Å². The minimum Gasteiger partial charge on any atom is -0.103 e. The minimum absolute atomic E-state index is 1.25. The summed E-state index contributed by atoms with van der Waals surface area (Å²) in [6.45, 7) is 20.5. The maximum absolute atomic E-state index is 4.01. The summed E-state index contributed by atoms with van der Waals surface area (Å²) in [5, 5.41) is 3.74. The topological polar surface area (TPSA) is 0 Å². The molecule has 0 aromatic rings. The fraction of sp³-hybridized carbons (Fsp3) is 0.400. The molecule has 0 saturated carbocycles. The molecule has 0 atom stereocenters. The van der Waals surface area contributed by atoms with Gasteiger partial charge in [-0.15, -0.1) is 19.7 Å². The summed E-state index contributed by atoms with van der Waals surface area (Å²) >= 11 is 0. The van der Waals surface area contributed by atoms with Crippen molar-refractivity contribution in [1.29, 1.82) is 0 Å². The van der Waals surface area contributed by atoms with Crippen molar-refractivity contribution in [2.75, 3.05) is 0 Å². The molecular weight excluding hydrogens is 148 g/mol. The third-order valence-electron chi connectivity index (χ3n) is 2.56. The molecule has 0 spiro atoms. The van der Waals surface area contributed by atoms with Crippen LogP contribution in [-0.2, 0) is 0 Å². The molecule has 0 rings (SSSR count). The van der Waals surface area contributed by atoms with Crippen LogP contribution in [0.5, 0.6) is 0 Å². The average molecular weight is 166 g/mol. The average Bonchev–Trinajstić information content (AvgIpc) is 1.84. The summed E-state index contributed by atoms with van der Waals surface area (Å²) < 4.78 is 0. The predicted molar refractivity (Wildman–Crippen MR) is 56.1 cm³/mol. The van der Waals surface area contributed by atoms with Gasteiger partial charge < -0.3 is 0 Å². The van der Waals surface area contributed by atoms with Gasteiger partial charge in [0.05, 0.1) is 0 Å². The van der Waals surface area contributed by atoms with Crippen molar-refractivity contribution in [3.05, 3.63) is 35.3 Å². The highest BCUT2D eigenvalue weighted by Crippen LogP contribution is 2.27. The van der Waals surface area contributed by atoms with E-state index in [1.165, 1.54) is 15.6 Å². The maximum Gasteiger partial charge on any atom is 0.130 e. The molecule has 0 aliphatic carbocycles. The minimum atomic E-state index is -1.56. The van der Waals surface area contributed by atoms with E-state index in [1.54, 1.807) is 0 Å². The smallest absolute Gasteiger partial charge is 0.103 e. The first-order chi connectivity index (χ1) is 4.83. The fourth-order valence-electron chi connectivity index (χ4n) is 1.09. The first kappa shape index (κ1) is 10.4. The molecule has 0 bridgehead atoms. The summed E-state index contributed by atoms with van der Waals surface area (Å²) in [5.74, 6) is 0. The number of hydrogen-bond donors (Lipinski definition) is 0. The lowest BCUT2D eigenvalue weighted by molar-refractivity contribution is 1.46. The zero-order valence-electron chi connectivity index (χ0n) is 8.12. The molecule has 0 aliphatic rings. The molecule has 0 unspecified atom stereocenters. The van der Waals surface area contributed by atoms with E-state index in [2.05, 4.69) is 47.1 Å². The van der Waals surface area contributed by atoms with Gasteiger partial charge in [-0.2, -0.15) is 0 Å². The van der Waals surface area contributed by atoms with Crippen molar-refractivity contribution in [2.45, 2.75) is 27.3 Å².